The Hall–Kier alpha value is -1.83. The van der Waals surface area contributed by atoms with Crippen molar-refractivity contribution < 1.29 is 9.90 Å². The van der Waals surface area contributed by atoms with E-state index in [0.717, 1.165) is 5.56 Å². The molecule has 0 heterocycles. The molecule has 1 N–H and O–H groups in total. The Kier molecular flexibility index (Phi) is 3.86. The second kappa shape index (κ2) is 5.15. The van der Waals surface area contributed by atoms with Crippen LogP contribution in [0.15, 0.2) is 42.0 Å². The number of ketones is 1. The quantitative estimate of drug-likeness (QED) is 0.765. The average molecular weight is 202 g/mol. The zero-order valence-electron chi connectivity index (χ0n) is 8.90. The fourth-order valence-corrected chi connectivity index (χ4v) is 1.07. The monoisotopic (exact) mass is 202 g/mol. The second-order valence-corrected chi connectivity index (χ2v) is 3.26. The molecule has 1 aromatic carbocycles. The van der Waals surface area contributed by atoms with Gasteiger partial charge in [0.05, 0.1) is 0 Å². The highest BCUT2D eigenvalue weighted by molar-refractivity contribution is 6.05. The summed E-state index contributed by atoms with van der Waals surface area (Å²) >= 11 is 0. The number of hydrogen-bond donors (Lipinski definition) is 1. The second-order valence-electron chi connectivity index (χ2n) is 3.26. The summed E-state index contributed by atoms with van der Waals surface area (Å²) in [7, 11) is 0. The van der Waals surface area contributed by atoms with E-state index in [0.29, 0.717) is 5.57 Å². The van der Waals surface area contributed by atoms with Gasteiger partial charge >= 0.3 is 0 Å². The Morgan fingerprint density at radius 1 is 1.40 bits per heavy atom. The number of carbonyl (C=O) groups excluding carboxylic acids is 1. The first-order valence-corrected chi connectivity index (χ1v) is 4.78. The van der Waals surface area contributed by atoms with Crippen LogP contribution in [-0.2, 0) is 4.79 Å². The van der Waals surface area contributed by atoms with E-state index >= 15 is 0 Å². The van der Waals surface area contributed by atoms with E-state index in [4.69, 9.17) is 0 Å². The van der Waals surface area contributed by atoms with E-state index in [1.165, 1.54) is 6.08 Å². The van der Waals surface area contributed by atoms with Crippen molar-refractivity contribution in [1.82, 2.24) is 0 Å². The molecule has 0 aromatic heterocycles. The van der Waals surface area contributed by atoms with Crippen molar-refractivity contribution in [3.63, 3.8) is 0 Å². The highest BCUT2D eigenvalue weighted by Crippen LogP contribution is 2.12. The number of hydrogen-bond acceptors (Lipinski definition) is 2. The van der Waals surface area contributed by atoms with Crippen LogP contribution in [0.3, 0.4) is 0 Å². The number of aromatic hydroxyl groups is 1. The van der Waals surface area contributed by atoms with Gasteiger partial charge in [0, 0.05) is 0 Å². The lowest BCUT2D eigenvalue weighted by molar-refractivity contribution is -0.111. The van der Waals surface area contributed by atoms with Gasteiger partial charge in [-0.25, -0.2) is 0 Å². The molecule has 0 unspecified atom stereocenters. The molecule has 1 aromatic rings. The number of benzene rings is 1. The normalized spacial score (nSPS) is 12.0. The molecule has 0 atom stereocenters. The number of carbonyl (C=O) groups is 1. The lowest BCUT2D eigenvalue weighted by Gasteiger charge is -1.95. The van der Waals surface area contributed by atoms with E-state index in [1.54, 1.807) is 37.3 Å². The van der Waals surface area contributed by atoms with Gasteiger partial charge in [-0.1, -0.05) is 24.3 Å². The van der Waals surface area contributed by atoms with Crippen LogP contribution in [0.2, 0.25) is 0 Å². The van der Waals surface area contributed by atoms with Gasteiger partial charge in [-0.2, -0.15) is 0 Å². The maximum absolute atomic E-state index is 11.4. The van der Waals surface area contributed by atoms with Gasteiger partial charge in [-0.3, -0.25) is 4.79 Å². The molecule has 0 radical (unpaired) electrons. The Morgan fingerprint density at radius 3 is 2.73 bits per heavy atom. The first-order valence-electron chi connectivity index (χ1n) is 4.78. The minimum absolute atomic E-state index is 0.0131. The minimum Gasteiger partial charge on any atom is -0.508 e. The van der Waals surface area contributed by atoms with E-state index in [-0.39, 0.29) is 11.5 Å². The van der Waals surface area contributed by atoms with Gasteiger partial charge in [-0.05, 0) is 43.2 Å². The van der Waals surface area contributed by atoms with E-state index in [2.05, 4.69) is 0 Å². The lowest BCUT2D eigenvalue weighted by Crippen LogP contribution is -1.92. The third-order valence-corrected chi connectivity index (χ3v) is 2.12. The number of phenols is 1. The van der Waals surface area contributed by atoms with Crippen LogP contribution in [0, 0.1) is 0 Å². The zero-order valence-corrected chi connectivity index (χ0v) is 8.90. The molecule has 0 bridgehead atoms. The summed E-state index contributed by atoms with van der Waals surface area (Å²) in [6, 6.07) is 6.77. The molecule has 15 heavy (non-hydrogen) atoms. The maximum atomic E-state index is 11.4. The first kappa shape index (κ1) is 11.2. The van der Waals surface area contributed by atoms with Crippen molar-refractivity contribution in [3.05, 3.63) is 47.6 Å². The molecule has 0 spiro atoms. The minimum atomic E-state index is -0.0131. The number of phenolic OH excluding ortho intramolecular Hbond substituents is 1. The highest BCUT2D eigenvalue weighted by Gasteiger charge is 1.97. The number of allylic oxidation sites excluding steroid dienone is 3. The molecule has 2 nitrogen and oxygen atoms in total. The summed E-state index contributed by atoms with van der Waals surface area (Å²) in [4.78, 5) is 11.4. The maximum Gasteiger partial charge on any atom is 0.181 e. The Labute approximate surface area is 89.6 Å². The van der Waals surface area contributed by atoms with Gasteiger partial charge in [0.25, 0.3) is 0 Å². The van der Waals surface area contributed by atoms with Gasteiger partial charge < -0.3 is 5.11 Å². The van der Waals surface area contributed by atoms with Gasteiger partial charge in [0.2, 0.25) is 0 Å². The topological polar surface area (TPSA) is 37.3 Å². The van der Waals surface area contributed by atoms with Crippen LogP contribution in [-0.4, -0.2) is 10.9 Å². The molecule has 2 heteroatoms. The lowest BCUT2D eigenvalue weighted by atomic mass is 10.1. The fourth-order valence-electron chi connectivity index (χ4n) is 1.07. The van der Waals surface area contributed by atoms with Crippen molar-refractivity contribution in [3.8, 4) is 5.75 Å². The predicted octanol–water partition coefficient (Wildman–Crippen LogP) is 2.94. The molecule has 78 valence electrons. The number of rotatable bonds is 3. The van der Waals surface area contributed by atoms with Crippen LogP contribution in [0.5, 0.6) is 5.75 Å². The van der Waals surface area contributed by atoms with Crippen LogP contribution in [0.1, 0.15) is 19.4 Å². The van der Waals surface area contributed by atoms with Gasteiger partial charge in [0.1, 0.15) is 5.75 Å². The molecule has 0 aliphatic heterocycles. The summed E-state index contributed by atoms with van der Waals surface area (Å²) in [5, 5.41) is 9.20. The molecule has 0 aliphatic rings. The van der Waals surface area contributed by atoms with Crippen molar-refractivity contribution in [1.29, 1.82) is 0 Å². The summed E-state index contributed by atoms with van der Waals surface area (Å²) in [5.41, 5.74) is 1.53. The van der Waals surface area contributed by atoms with Crippen LogP contribution in [0.4, 0.5) is 0 Å². The zero-order chi connectivity index (χ0) is 11.3. The molecule has 0 aliphatic carbocycles. The Bertz CT molecular complexity index is 414. The van der Waals surface area contributed by atoms with Crippen LogP contribution >= 0.6 is 0 Å². The van der Waals surface area contributed by atoms with E-state index < -0.39 is 0 Å². The fraction of sp³-hybridized carbons (Fsp3) is 0.154. The Balaban J connectivity index is 2.78. The smallest absolute Gasteiger partial charge is 0.181 e. The average Bonchev–Trinajstić information content (AvgIpc) is 2.25. The first-order chi connectivity index (χ1) is 7.13. The van der Waals surface area contributed by atoms with Crippen molar-refractivity contribution >= 4 is 11.9 Å². The standard InChI is InChI=1S/C13H14O2/c1-3-10(2)13(15)8-7-11-5-4-6-12(14)9-11/h3-9,14H,1-2H3. The molecule has 0 amide bonds. The van der Waals surface area contributed by atoms with Crippen molar-refractivity contribution in [2.75, 3.05) is 0 Å². The highest BCUT2D eigenvalue weighted by atomic mass is 16.3. The van der Waals surface area contributed by atoms with Crippen LogP contribution < -0.4 is 0 Å². The predicted molar refractivity (Wildman–Crippen MR) is 61.6 cm³/mol. The van der Waals surface area contributed by atoms with E-state index in [1.807, 2.05) is 13.0 Å². The third kappa shape index (κ3) is 3.43. The molecular formula is C13H14O2. The van der Waals surface area contributed by atoms with Crippen molar-refractivity contribution in [2.24, 2.45) is 0 Å². The molecule has 1 rings (SSSR count). The Morgan fingerprint density at radius 2 is 2.13 bits per heavy atom. The molecule has 0 saturated heterocycles. The van der Waals surface area contributed by atoms with Crippen LogP contribution in [0.25, 0.3) is 6.08 Å². The van der Waals surface area contributed by atoms with E-state index in [9.17, 15) is 9.90 Å². The SMILES string of the molecule is CC=C(C)C(=O)C=Cc1cccc(O)c1. The molecule has 0 fully saturated rings. The van der Waals surface area contributed by atoms with Gasteiger partial charge in [0.15, 0.2) is 5.78 Å². The largest absolute Gasteiger partial charge is 0.508 e. The third-order valence-electron chi connectivity index (χ3n) is 2.12. The summed E-state index contributed by atoms with van der Waals surface area (Å²) in [5.74, 6) is 0.188. The molecular weight excluding hydrogens is 188 g/mol. The summed E-state index contributed by atoms with van der Waals surface area (Å²) < 4.78 is 0. The van der Waals surface area contributed by atoms with Crippen molar-refractivity contribution in [2.45, 2.75) is 13.8 Å². The molecule has 0 saturated carbocycles. The summed E-state index contributed by atoms with van der Waals surface area (Å²) in [6.45, 7) is 3.60. The summed E-state index contributed by atoms with van der Waals surface area (Å²) in [6.07, 6.45) is 4.97. The van der Waals surface area contributed by atoms with Gasteiger partial charge in [-0.15, -0.1) is 0 Å².